The van der Waals surface area contributed by atoms with Gasteiger partial charge in [0.25, 0.3) is 5.91 Å². The molecular formula is C26H27N5O3. The van der Waals surface area contributed by atoms with Gasteiger partial charge in [-0.05, 0) is 49.4 Å². The molecule has 4 aromatic rings. The number of H-pyrrole nitrogens is 1. The van der Waals surface area contributed by atoms with E-state index in [1.165, 1.54) is 0 Å². The van der Waals surface area contributed by atoms with Crippen molar-refractivity contribution in [2.24, 2.45) is 0 Å². The van der Waals surface area contributed by atoms with Gasteiger partial charge in [0.1, 0.15) is 11.6 Å². The number of rotatable bonds is 6. The zero-order valence-corrected chi connectivity index (χ0v) is 19.0. The maximum absolute atomic E-state index is 13.0. The monoisotopic (exact) mass is 457 g/mol. The minimum absolute atomic E-state index is 0.0270. The van der Waals surface area contributed by atoms with Crippen molar-refractivity contribution < 1.29 is 14.6 Å². The Morgan fingerprint density at radius 3 is 2.82 bits per heavy atom. The molecule has 1 amide bonds. The summed E-state index contributed by atoms with van der Waals surface area (Å²) in [5, 5.41) is 13.3. The number of aromatic amines is 1. The molecule has 3 heterocycles. The smallest absolute Gasteiger partial charge is 0.251 e. The average molecular weight is 458 g/mol. The van der Waals surface area contributed by atoms with E-state index in [1.54, 1.807) is 24.4 Å². The number of morpholine rings is 1. The molecular weight excluding hydrogens is 430 g/mol. The van der Waals surface area contributed by atoms with E-state index in [0.717, 1.165) is 35.4 Å². The number of nitrogens with zero attached hydrogens (tertiary/aromatic N) is 3. The second-order valence-electron chi connectivity index (χ2n) is 8.47. The fraction of sp³-hybridized carbons (Fsp3) is 0.269. The number of phenols is 1. The maximum atomic E-state index is 13.0. The summed E-state index contributed by atoms with van der Waals surface area (Å²) in [5.41, 5.74) is 4.58. The minimum Gasteiger partial charge on any atom is -0.507 e. The van der Waals surface area contributed by atoms with Crippen molar-refractivity contribution in [1.82, 2.24) is 25.2 Å². The van der Waals surface area contributed by atoms with Crippen LogP contribution in [-0.2, 0) is 4.74 Å². The Bertz CT molecular complexity index is 1300. The largest absolute Gasteiger partial charge is 0.507 e. The molecule has 1 aliphatic rings. The number of pyridine rings is 1. The fourth-order valence-electron chi connectivity index (χ4n) is 4.29. The molecule has 0 bridgehead atoms. The van der Waals surface area contributed by atoms with Gasteiger partial charge in [-0.15, -0.1) is 0 Å². The number of imidazole rings is 1. The highest BCUT2D eigenvalue weighted by molar-refractivity contribution is 5.97. The van der Waals surface area contributed by atoms with Gasteiger partial charge in [0, 0.05) is 31.4 Å². The van der Waals surface area contributed by atoms with Crippen molar-refractivity contribution in [3.05, 3.63) is 77.6 Å². The maximum Gasteiger partial charge on any atom is 0.251 e. The number of aromatic hydroxyl groups is 1. The molecule has 0 radical (unpaired) electrons. The molecule has 0 spiro atoms. The fourth-order valence-corrected chi connectivity index (χ4v) is 4.29. The average Bonchev–Trinajstić information content (AvgIpc) is 3.30. The number of ether oxygens (including phenoxy) is 1. The molecule has 1 fully saturated rings. The van der Waals surface area contributed by atoms with E-state index in [0.29, 0.717) is 36.7 Å². The lowest BCUT2D eigenvalue weighted by Crippen LogP contribution is -2.44. The first-order chi connectivity index (χ1) is 16.6. The van der Waals surface area contributed by atoms with Gasteiger partial charge in [-0.1, -0.05) is 17.7 Å². The molecule has 3 N–H and O–H groups in total. The van der Waals surface area contributed by atoms with Gasteiger partial charge in [-0.3, -0.25) is 14.7 Å². The van der Waals surface area contributed by atoms with Gasteiger partial charge in [0.2, 0.25) is 0 Å². The van der Waals surface area contributed by atoms with Crippen LogP contribution >= 0.6 is 0 Å². The van der Waals surface area contributed by atoms with Crippen molar-refractivity contribution in [1.29, 1.82) is 0 Å². The Morgan fingerprint density at radius 1 is 1.18 bits per heavy atom. The molecule has 34 heavy (non-hydrogen) atoms. The number of nitrogens with one attached hydrogen (secondary N) is 2. The SMILES string of the molecule is Cc1ccc(O)c(-c2nc3ccc(C(=O)NCC(c4ccccn4)N4CCOCC4)cc3[nH]2)c1. The highest BCUT2D eigenvalue weighted by Gasteiger charge is 2.24. The molecule has 1 aliphatic heterocycles. The number of carbonyl (C=O) groups excluding carboxylic acids is 1. The summed E-state index contributed by atoms with van der Waals surface area (Å²) in [5.74, 6) is 0.563. The summed E-state index contributed by atoms with van der Waals surface area (Å²) in [6.45, 7) is 5.35. The highest BCUT2D eigenvalue weighted by atomic mass is 16.5. The van der Waals surface area contributed by atoms with Crippen molar-refractivity contribution in [2.75, 3.05) is 32.8 Å². The van der Waals surface area contributed by atoms with Crippen LogP contribution in [-0.4, -0.2) is 63.7 Å². The summed E-state index contributed by atoms with van der Waals surface area (Å²) in [6, 6.07) is 16.6. The van der Waals surface area contributed by atoms with Gasteiger partial charge in [0.15, 0.2) is 0 Å². The minimum atomic E-state index is -0.161. The third kappa shape index (κ3) is 4.64. The topological polar surface area (TPSA) is 103 Å². The first kappa shape index (κ1) is 22.1. The van der Waals surface area contributed by atoms with Crippen LogP contribution in [0.25, 0.3) is 22.4 Å². The van der Waals surface area contributed by atoms with Crippen molar-refractivity contribution in [2.45, 2.75) is 13.0 Å². The summed E-state index contributed by atoms with van der Waals surface area (Å²) in [4.78, 5) is 27.7. The van der Waals surface area contributed by atoms with E-state index in [1.807, 2.05) is 43.3 Å². The van der Waals surface area contributed by atoms with Crippen LogP contribution in [0, 0.1) is 6.92 Å². The van der Waals surface area contributed by atoms with Crippen molar-refractivity contribution in [3.8, 4) is 17.1 Å². The highest BCUT2D eigenvalue weighted by Crippen LogP contribution is 2.29. The Morgan fingerprint density at radius 2 is 2.03 bits per heavy atom. The number of fused-ring (bicyclic) bond motifs is 1. The molecule has 1 atom stereocenters. The van der Waals surface area contributed by atoms with Crippen LogP contribution in [0.3, 0.4) is 0 Å². The lowest BCUT2D eigenvalue weighted by atomic mass is 10.1. The van der Waals surface area contributed by atoms with E-state index in [4.69, 9.17) is 4.74 Å². The molecule has 0 aliphatic carbocycles. The van der Waals surface area contributed by atoms with E-state index < -0.39 is 0 Å². The summed E-state index contributed by atoms with van der Waals surface area (Å²) < 4.78 is 5.49. The predicted molar refractivity (Wildman–Crippen MR) is 130 cm³/mol. The Balaban J connectivity index is 1.35. The van der Waals surface area contributed by atoms with Crippen molar-refractivity contribution >= 4 is 16.9 Å². The number of hydrogen-bond acceptors (Lipinski definition) is 6. The molecule has 1 saturated heterocycles. The zero-order valence-electron chi connectivity index (χ0n) is 19.0. The van der Waals surface area contributed by atoms with E-state index in [-0.39, 0.29) is 17.7 Å². The number of carbonyl (C=O) groups is 1. The molecule has 8 nitrogen and oxygen atoms in total. The number of aromatic nitrogens is 3. The molecule has 174 valence electrons. The van der Waals surface area contributed by atoms with E-state index >= 15 is 0 Å². The first-order valence-electron chi connectivity index (χ1n) is 11.4. The van der Waals surface area contributed by atoms with Crippen LogP contribution in [0.1, 0.15) is 27.7 Å². The van der Waals surface area contributed by atoms with Crippen LogP contribution in [0.2, 0.25) is 0 Å². The predicted octanol–water partition coefficient (Wildman–Crippen LogP) is 3.44. The second-order valence-corrected chi connectivity index (χ2v) is 8.47. The van der Waals surface area contributed by atoms with Crippen LogP contribution in [0.4, 0.5) is 0 Å². The molecule has 8 heteroatoms. The quantitative estimate of drug-likeness (QED) is 0.410. The molecule has 2 aromatic carbocycles. The van der Waals surface area contributed by atoms with Gasteiger partial charge in [-0.25, -0.2) is 4.98 Å². The number of amides is 1. The summed E-state index contributed by atoms with van der Waals surface area (Å²) >= 11 is 0. The second kappa shape index (κ2) is 9.62. The van der Waals surface area contributed by atoms with E-state index in [9.17, 15) is 9.90 Å². The Hall–Kier alpha value is -3.75. The molecule has 0 saturated carbocycles. The normalized spacial score (nSPS) is 15.3. The first-order valence-corrected chi connectivity index (χ1v) is 11.4. The third-order valence-electron chi connectivity index (χ3n) is 6.12. The Kier molecular flexibility index (Phi) is 6.24. The Labute approximate surface area is 197 Å². The zero-order chi connectivity index (χ0) is 23.5. The third-order valence-corrected chi connectivity index (χ3v) is 6.12. The lowest BCUT2D eigenvalue weighted by Gasteiger charge is -2.34. The van der Waals surface area contributed by atoms with Gasteiger partial charge in [0.05, 0.1) is 41.5 Å². The van der Waals surface area contributed by atoms with E-state index in [2.05, 4.69) is 25.2 Å². The van der Waals surface area contributed by atoms with Gasteiger partial charge in [-0.2, -0.15) is 0 Å². The standard InChI is InChI=1S/C26H27N5O3/c1-17-5-8-24(32)19(14-17)25-29-20-7-6-18(15-22(20)30-25)26(33)28-16-23(21-4-2-3-9-27-21)31-10-12-34-13-11-31/h2-9,14-15,23,32H,10-13,16H2,1H3,(H,28,33)(H,29,30). The lowest BCUT2D eigenvalue weighted by molar-refractivity contribution is 0.0154. The number of benzene rings is 2. The molecule has 1 unspecified atom stereocenters. The molecule has 5 rings (SSSR count). The van der Waals surface area contributed by atoms with Gasteiger partial charge < -0.3 is 20.1 Å². The number of phenolic OH excluding ortho intramolecular Hbond substituents is 1. The number of hydrogen-bond donors (Lipinski definition) is 3. The summed E-state index contributed by atoms with van der Waals surface area (Å²) in [7, 11) is 0. The van der Waals surface area contributed by atoms with Crippen LogP contribution in [0.5, 0.6) is 5.75 Å². The molecule has 2 aromatic heterocycles. The van der Waals surface area contributed by atoms with Crippen molar-refractivity contribution in [3.63, 3.8) is 0 Å². The van der Waals surface area contributed by atoms with Crippen LogP contribution in [0.15, 0.2) is 60.8 Å². The van der Waals surface area contributed by atoms with Crippen LogP contribution < -0.4 is 5.32 Å². The van der Waals surface area contributed by atoms with Gasteiger partial charge >= 0.3 is 0 Å². The number of aryl methyl sites for hydroxylation is 1. The summed E-state index contributed by atoms with van der Waals surface area (Å²) in [6.07, 6.45) is 1.78.